The van der Waals surface area contributed by atoms with E-state index in [9.17, 15) is 18.0 Å². The van der Waals surface area contributed by atoms with Crippen molar-refractivity contribution < 1.29 is 27.5 Å². The van der Waals surface area contributed by atoms with E-state index in [4.69, 9.17) is 9.47 Å². The summed E-state index contributed by atoms with van der Waals surface area (Å²) in [7, 11) is -2.50. The fraction of sp³-hybridized carbons (Fsp3) is 0.800. The summed E-state index contributed by atoms with van der Waals surface area (Å²) in [5.41, 5.74) is -0.916. The molecule has 0 bridgehead atoms. The number of aliphatic imine (C=N–C) groups is 1. The van der Waals surface area contributed by atoms with Crippen LogP contribution >= 0.6 is 0 Å². The van der Waals surface area contributed by atoms with Crippen LogP contribution in [-0.2, 0) is 24.3 Å². The third-order valence-corrected chi connectivity index (χ3v) is 5.50. The number of nitrogens with one attached hydrogen (secondary N) is 1. The van der Waals surface area contributed by atoms with Crippen LogP contribution in [0.4, 0.5) is 4.79 Å². The van der Waals surface area contributed by atoms with E-state index in [2.05, 4.69) is 4.99 Å². The Kier molecular flexibility index (Phi) is 6.52. The molecule has 9 heteroatoms. The molecule has 1 rings (SSSR count). The van der Waals surface area contributed by atoms with Gasteiger partial charge in [0.05, 0.1) is 6.61 Å². The lowest BCUT2D eigenvalue weighted by atomic mass is 10.2. The maximum atomic E-state index is 12.4. The number of carbonyl (C=O) groups is 2. The number of nitrogens with zero attached hydrogens (tertiary/aromatic N) is 1. The molecule has 0 aromatic heterocycles. The molecule has 0 unspecified atom stereocenters. The Bertz CT molecular complexity index is 614. The van der Waals surface area contributed by atoms with Crippen molar-refractivity contribution in [1.29, 1.82) is 0 Å². The smallest absolute Gasteiger partial charge is 0.434 e. The first-order chi connectivity index (χ1) is 11.0. The zero-order chi connectivity index (χ0) is 18.6. The van der Waals surface area contributed by atoms with E-state index in [-0.39, 0.29) is 18.7 Å². The monoisotopic (exact) mass is 362 g/mol. The minimum atomic E-state index is -3.90. The maximum absolute atomic E-state index is 12.4. The zero-order valence-electron chi connectivity index (χ0n) is 14.8. The van der Waals surface area contributed by atoms with Crippen LogP contribution in [0.15, 0.2) is 4.99 Å². The van der Waals surface area contributed by atoms with Crippen LogP contribution in [0.3, 0.4) is 0 Å². The molecule has 1 N–H and O–H groups in total. The lowest BCUT2D eigenvalue weighted by Gasteiger charge is -2.18. The second-order valence-electron chi connectivity index (χ2n) is 6.84. The number of amides is 2. The summed E-state index contributed by atoms with van der Waals surface area (Å²) < 4.78 is 35.6. The van der Waals surface area contributed by atoms with E-state index in [1.165, 1.54) is 7.11 Å². The number of rotatable bonds is 7. The number of methoxy groups -OCH3 is 1. The largest absolute Gasteiger partial charge is 0.442 e. The lowest BCUT2D eigenvalue weighted by Crippen LogP contribution is -2.45. The molecule has 0 atom stereocenters. The highest BCUT2D eigenvalue weighted by Crippen LogP contribution is 2.43. The van der Waals surface area contributed by atoms with Crippen LogP contribution in [-0.4, -0.2) is 50.2 Å². The van der Waals surface area contributed by atoms with Crippen molar-refractivity contribution in [3.8, 4) is 0 Å². The van der Waals surface area contributed by atoms with Gasteiger partial charge in [-0.1, -0.05) is 13.3 Å². The van der Waals surface area contributed by atoms with Crippen molar-refractivity contribution in [3.63, 3.8) is 0 Å². The van der Waals surface area contributed by atoms with Gasteiger partial charge in [0.15, 0.2) is 0 Å². The molecule has 8 nitrogen and oxygen atoms in total. The molecule has 0 saturated heterocycles. The summed E-state index contributed by atoms with van der Waals surface area (Å²) in [5, 5.41) is 0. The Morgan fingerprint density at radius 1 is 1.25 bits per heavy atom. The summed E-state index contributed by atoms with van der Waals surface area (Å²) in [6.07, 6.45) is 0.624. The van der Waals surface area contributed by atoms with Crippen molar-refractivity contribution in [2.24, 2.45) is 4.99 Å². The van der Waals surface area contributed by atoms with Crippen LogP contribution in [0.25, 0.3) is 0 Å². The quantitative estimate of drug-likeness (QED) is 0.691. The Morgan fingerprint density at radius 2 is 1.83 bits per heavy atom. The molecule has 0 aromatic rings. The first kappa shape index (κ1) is 20.6. The van der Waals surface area contributed by atoms with E-state index in [1.54, 1.807) is 27.7 Å². The molecule has 1 aliphatic carbocycles. The fourth-order valence-electron chi connectivity index (χ4n) is 2.03. The lowest BCUT2D eigenvalue weighted by molar-refractivity contribution is -0.113. The number of hydrogen-bond acceptors (Lipinski definition) is 6. The fourth-order valence-corrected chi connectivity index (χ4v) is 3.53. The molecule has 1 fully saturated rings. The third-order valence-electron chi connectivity index (χ3n) is 3.38. The molecular weight excluding hydrogens is 336 g/mol. The molecule has 0 aliphatic heterocycles. The van der Waals surface area contributed by atoms with Gasteiger partial charge in [-0.15, -0.1) is 0 Å². The SMILES string of the molecule is CCCC(=NC(=O)OC(C)(C)C)C(=O)NS(=O)(=O)C1(COC)CC1. The van der Waals surface area contributed by atoms with Gasteiger partial charge < -0.3 is 9.47 Å². The van der Waals surface area contributed by atoms with Gasteiger partial charge in [0.25, 0.3) is 5.91 Å². The summed E-state index contributed by atoms with van der Waals surface area (Å²) in [4.78, 5) is 27.7. The number of sulfonamides is 1. The van der Waals surface area contributed by atoms with E-state index < -0.39 is 32.4 Å². The number of hydrogen-bond donors (Lipinski definition) is 1. The Morgan fingerprint density at radius 3 is 2.25 bits per heavy atom. The molecule has 138 valence electrons. The van der Waals surface area contributed by atoms with Crippen molar-refractivity contribution in [2.75, 3.05) is 13.7 Å². The van der Waals surface area contributed by atoms with Gasteiger partial charge in [-0.2, -0.15) is 4.99 Å². The first-order valence-electron chi connectivity index (χ1n) is 7.82. The molecule has 0 heterocycles. The van der Waals surface area contributed by atoms with Crippen molar-refractivity contribution >= 4 is 27.7 Å². The van der Waals surface area contributed by atoms with Crippen LogP contribution in [0.2, 0.25) is 0 Å². The van der Waals surface area contributed by atoms with Crippen LogP contribution in [0.1, 0.15) is 53.4 Å². The first-order valence-corrected chi connectivity index (χ1v) is 9.31. The number of carbonyl (C=O) groups excluding carboxylic acids is 2. The van der Waals surface area contributed by atoms with Crippen LogP contribution in [0.5, 0.6) is 0 Å². The molecule has 1 aliphatic rings. The van der Waals surface area contributed by atoms with E-state index in [0.29, 0.717) is 19.3 Å². The summed E-state index contributed by atoms with van der Waals surface area (Å²) in [5.74, 6) is -0.898. The van der Waals surface area contributed by atoms with Gasteiger partial charge in [0.1, 0.15) is 16.1 Å². The standard InChI is InChI=1S/C15H26N2O6S/c1-6-7-11(16-13(19)23-14(2,3)4)12(18)17-24(20,21)15(8-9-15)10-22-5/h6-10H2,1-5H3,(H,17,18). The maximum Gasteiger partial charge on any atom is 0.434 e. The molecule has 0 aromatic carbocycles. The summed E-state index contributed by atoms with van der Waals surface area (Å²) in [6, 6.07) is 0. The van der Waals surface area contributed by atoms with Crippen LogP contribution < -0.4 is 4.72 Å². The molecule has 1 saturated carbocycles. The highest BCUT2D eigenvalue weighted by molar-refractivity contribution is 7.91. The van der Waals surface area contributed by atoms with Gasteiger partial charge >= 0.3 is 6.09 Å². The van der Waals surface area contributed by atoms with Gasteiger partial charge in [0.2, 0.25) is 10.0 Å². The minimum Gasteiger partial charge on any atom is -0.442 e. The van der Waals surface area contributed by atoms with Gasteiger partial charge in [-0.3, -0.25) is 4.79 Å². The predicted octanol–water partition coefficient (Wildman–Crippen LogP) is 1.79. The highest BCUT2D eigenvalue weighted by atomic mass is 32.2. The predicted molar refractivity (Wildman–Crippen MR) is 89.5 cm³/mol. The molecule has 0 spiro atoms. The summed E-state index contributed by atoms with van der Waals surface area (Å²) >= 11 is 0. The van der Waals surface area contributed by atoms with Crippen LogP contribution in [0, 0.1) is 0 Å². The van der Waals surface area contributed by atoms with E-state index >= 15 is 0 Å². The Hall–Kier alpha value is -1.48. The van der Waals surface area contributed by atoms with Crippen molar-refractivity contribution in [2.45, 2.75) is 63.7 Å². The van der Waals surface area contributed by atoms with E-state index in [0.717, 1.165) is 0 Å². The normalized spacial score (nSPS) is 17.3. The Balaban J connectivity index is 2.89. The minimum absolute atomic E-state index is 0.0158. The van der Waals surface area contributed by atoms with E-state index in [1.807, 2.05) is 4.72 Å². The average Bonchev–Trinajstić information content (AvgIpc) is 3.17. The number of ether oxygens (including phenoxy) is 2. The summed E-state index contributed by atoms with van der Waals surface area (Å²) in [6.45, 7) is 6.83. The molecule has 2 amide bonds. The molecule has 0 radical (unpaired) electrons. The zero-order valence-corrected chi connectivity index (χ0v) is 15.7. The topological polar surface area (TPSA) is 111 Å². The van der Waals surface area contributed by atoms with Crippen molar-refractivity contribution in [3.05, 3.63) is 0 Å². The molecule has 24 heavy (non-hydrogen) atoms. The average molecular weight is 362 g/mol. The Labute approximate surface area is 143 Å². The van der Waals surface area contributed by atoms with Gasteiger partial charge in [0, 0.05) is 7.11 Å². The van der Waals surface area contributed by atoms with Crippen molar-refractivity contribution in [1.82, 2.24) is 4.72 Å². The molecular formula is C15H26N2O6S. The highest BCUT2D eigenvalue weighted by Gasteiger charge is 2.55. The third kappa shape index (κ3) is 5.55. The second kappa shape index (κ2) is 7.60. The van der Waals surface area contributed by atoms with Gasteiger partial charge in [-0.25, -0.2) is 17.9 Å². The van der Waals surface area contributed by atoms with Gasteiger partial charge in [-0.05, 0) is 40.0 Å². The second-order valence-corrected chi connectivity index (χ2v) is 8.92.